The fourth-order valence-electron chi connectivity index (χ4n) is 1.87. The molecule has 0 radical (unpaired) electrons. The molecular weight excluding hydrogens is 224 g/mol. The zero-order valence-electron chi connectivity index (χ0n) is 9.21. The Hall–Kier alpha value is -0.770. The number of nitrogens with one attached hydrogen (secondary N) is 1. The molecule has 3 N–H and O–H groups in total. The third kappa shape index (κ3) is 3.11. The normalized spacial score (nSPS) is 20.2. The Kier molecular flexibility index (Phi) is 4.04. The van der Waals surface area contributed by atoms with Crippen LogP contribution in [0.15, 0.2) is 18.2 Å². The summed E-state index contributed by atoms with van der Waals surface area (Å²) in [5, 5.41) is 4.03. The summed E-state index contributed by atoms with van der Waals surface area (Å²) in [7, 11) is 0. The van der Waals surface area contributed by atoms with E-state index in [1.165, 1.54) is 5.56 Å². The average Bonchev–Trinajstić information content (AvgIpc) is 2.76. The van der Waals surface area contributed by atoms with Gasteiger partial charge in [-0.15, -0.1) is 0 Å². The minimum Gasteiger partial charge on any atom is -0.398 e. The Morgan fingerprint density at radius 1 is 1.50 bits per heavy atom. The van der Waals surface area contributed by atoms with E-state index in [0.29, 0.717) is 16.6 Å². The van der Waals surface area contributed by atoms with Crippen LogP contribution < -0.4 is 11.1 Å². The maximum absolute atomic E-state index is 5.86. The number of rotatable bonds is 4. The van der Waals surface area contributed by atoms with E-state index in [2.05, 4.69) is 5.32 Å². The van der Waals surface area contributed by atoms with Crippen molar-refractivity contribution in [3.8, 4) is 0 Å². The lowest BCUT2D eigenvalue weighted by atomic mass is 10.1. The number of halogens is 1. The minimum atomic E-state index is 0.618. The number of benzene rings is 1. The fraction of sp³-hybridized carbons (Fsp3) is 0.500. The van der Waals surface area contributed by atoms with Crippen LogP contribution in [0, 0.1) is 5.92 Å². The number of nitrogens with two attached hydrogens (primary N) is 1. The van der Waals surface area contributed by atoms with Crippen molar-refractivity contribution in [2.45, 2.75) is 13.0 Å². The van der Waals surface area contributed by atoms with E-state index in [-0.39, 0.29) is 0 Å². The summed E-state index contributed by atoms with van der Waals surface area (Å²) in [5.41, 5.74) is 7.55. The van der Waals surface area contributed by atoms with Crippen molar-refractivity contribution in [2.24, 2.45) is 5.92 Å². The van der Waals surface area contributed by atoms with Gasteiger partial charge in [-0.3, -0.25) is 0 Å². The zero-order chi connectivity index (χ0) is 11.4. The Morgan fingerprint density at radius 2 is 2.38 bits per heavy atom. The molecule has 0 bridgehead atoms. The summed E-state index contributed by atoms with van der Waals surface area (Å²) in [4.78, 5) is 0. The van der Waals surface area contributed by atoms with Crippen LogP contribution in [0.5, 0.6) is 0 Å². The molecule has 1 heterocycles. The maximum Gasteiger partial charge on any atom is 0.0635 e. The number of anilines is 1. The highest BCUT2D eigenvalue weighted by atomic mass is 35.5. The summed E-state index contributed by atoms with van der Waals surface area (Å²) in [6, 6.07) is 5.75. The predicted octanol–water partition coefficient (Wildman–Crippen LogP) is 2.05. The number of ether oxygens (including phenoxy) is 1. The molecule has 1 aliphatic rings. The summed E-state index contributed by atoms with van der Waals surface area (Å²) >= 11 is 5.86. The molecule has 1 unspecified atom stereocenters. The lowest BCUT2D eigenvalue weighted by molar-refractivity contribution is 0.185. The van der Waals surface area contributed by atoms with Crippen LogP contribution in [0.3, 0.4) is 0 Å². The van der Waals surface area contributed by atoms with Crippen molar-refractivity contribution in [3.63, 3.8) is 0 Å². The van der Waals surface area contributed by atoms with E-state index in [9.17, 15) is 0 Å². The van der Waals surface area contributed by atoms with E-state index >= 15 is 0 Å². The topological polar surface area (TPSA) is 47.3 Å². The first-order chi connectivity index (χ1) is 7.75. The van der Waals surface area contributed by atoms with Crippen LogP contribution in [-0.4, -0.2) is 19.8 Å². The van der Waals surface area contributed by atoms with Gasteiger partial charge in [0, 0.05) is 19.7 Å². The quantitative estimate of drug-likeness (QED) is 0.792. The molecule has 3 nitrogen and oxygen atoms in total. The van der Waals surface area contributed by atoms with Crippen LogP contribution in [0.25, 0.3) is 0 Å². The SMILES string of the molecule is Nc1cc(CNCC2CCOC2)ccc1Cl. The molecular formula is C12H17ClN2O. The van der Waals surface area contributed by atoms with Crippen molar-refractivity contribution in [1.82, 2.24) is 5.32 Å². The second kappa shape index (κ2) is 5.53. The fourth-order valence-corrected chi connectivity index (χ4v) is 1.99. The molecule has 0 spiro atoms. The van der Waals surface area contributed by atoms with Gasteiger partial charge in [-0.1, -0.05) is 17.7 Å². The first-order valence-electron chi connectivity index (χ1n) is 5.58. The molecule has 4 heteroatoms. The van der Waals surface area contributed by atoms with Gasteiger partial charge in [0.1, 0.15) is 0 Å². The first-order valence-corrected chi connectivity index (χ1v) is 5.96. The van der Waals surface area contributed by atoms with Gasteiger partial charge in [0.05, 0.1) is 17.3 Å². The van der Waals surface area contributed by atoms with Gasteiger partial charge in [-0.05, 0) is 30.0 Å². The van der Waals surface area contributed by atoms with Gasteiger partial charge < -0.3 is 15.8 Å². The lowest BCUT2D eigenvalue weighted by Crippen LogP contribution is -2.22. The molecule has 88 valence electrons. The highest BCUT2D eigenvalue weighted by Crippen LogP contribution is 2.19. The summed E-state index contributed by atoms with van der Waals surface area (Å²) in [6.07, 6.45) is 1.16. The average molecular weight is 241 g/mol. The molecule has 0 amide bonds. The first kappa shape index (κ1) is 11.7. The van der Waals surface area contributed by atoms with Gasteiger partial charge in [-0.2, -0.15) is 0 Å². The summed E-state index contributed by atoms with van der Waals surface area (Å²) in [6.45, 7) is 3.62. The standard InChI is InChI=1S/C12H17ClN2O/c13-11-2-1-9(5-12(11)14)6-15-7-10-3-4-16-8-10/h1-2,5,10,15H,3-4,6-8,14H2. The lowest BCUT2D eigenvalue weighted by Gasteiger charge is -2.10. The van der Waals surface area contributed by atoms with Crippen molar-refractivity contribution >= 4 is 17.3 Å². The number of hydrogen-bond donors (Lipinski definition) is 2. The second-order valence-corrected chi connectivity index (χ2v) is 4.62. The van der Waals surface area contributed by atoms with Crippen LogP contribution >= 0.6 is 11.6 Å². The van der Waals surface area contributed by atoms with E-state index in [4.69, 9.17) is 22.1 Å². The highest BCUT2D eigenvalue weighted by molar-refractivity contribution is 6.33. The van der Waals surface area contributed by atoms with Gasteiger partial charge in [0.15, 0.2) is 0 Å². The molecule has 1 aromatic rings. The largest absolute Gasteiger partial charge is 0.398 e. The Morgan fingerprint density at radius 3 is 3.06 bits per heavy atom. The molecule has 1 saturated heterocycles. The van der Waals surface area contributed by atoms with Crippen LogP contribution in [0.1, 0.15) is 12.0 Å². The molecule has 2 rings (SSSR count). The molecule has 0 saturated carbocycles. The van der Waals surface area contributed by atoms with Gasteiger partial charge in [0.2, 0.25) is 0 Å². The molecule has 0 aliphatic carbocycles. The summed E-state index contributed by atoms with van der Waals surface area (Å²) in [5.74, 6) is 0.657. The van der Waals surface area contributed by atoms with Gasteiger partial charge in [-0.25, -0.2) is 0 Å². The monoisotopic (exact) mass is 240 g/mol. The van der Waals surface area contributed by atoms with E-state index < -0.39 is 0 Å². The summed E-state index contributed by atoms with van der Waals surface area (Å²) < 4.78 is 5.32. The Balaban J connectivity index is 1.78. The van der Waals surface area contributed by atoms with Crippen LogP contribution in [0.2, 0.25) is 5.02 Å². The van der Waals surface area contributed by atoms with Gasteiger partial charge in [0.25, 0.3) is 0 Å². The Bertz CT molecular complexity index is 351. The Labute approximate surface area is 101 Å². The second-order valence-electron chi connectivity index (χ2n) is 4.22. The van der Waals surface area contributed by atoms with Crippen molar-refractivity contribution < 1.29 is 4.74 Å². The van der Waals surface area contributed by atoms with E-state index in [1.54, 1.807) is 0 Å². The van der Waals surface area contributed by atoms with Crippen molar-refractivity contribution in [3.05, 3.63) is 28.8 Å². The zero-order valence-corrected chi connectivity index (χ0v) is 9.96. The van der Waals surface area contributed by atoms with E-state index in [1.807, 2.05) is 18.2 Å². The smallest absolute Gasteiger partial charge is 0.0635 e. The molecule has 1 fully saturated rings. The number of nitrogen functional groups attached to an aromatic ring is 1. The molecule has 1 aliphatic heterocycles. The molecule has 0 aromatic heterocycles. The third-order valence-corrected chi connectivity index (χ3v) is 3.19. The van der Waals surface area contributed by atoms with Crippen molar-refractivity contribution in [2.75, 3.05) is 25.5 Å². The van der Waals surface area contributed by atoms with Gasteiger partial charge >= 0.3 is 0 Å². The third-order valence-electron chi connectivity index (χ3n) is 2.85. The number of hydrogen-bond acceptors (Lipinski definition) is 3. The highest BCUT2D eigenvalue weighted by Gasteiger charge is 2.14. The van der Waals surface area contributed by atoms with Crippen LogP contribution in [-0.2, 0) is 11.3 Å². The molecule has 1 aromatic carbocycles. The predicted molar refractivity (Wildman–Crippen MR) is 66.5 cm³/mol. The maximum atomic E-state index is 5.86. The van der Waals surface area contributed by atoms with E-state index in [0.717, 1.165) is 32.7 Å². The molecule has 16 heavy (non-hydrogen) atoms. The van der Waals surface area contributed by atoms with Crippen molar-refractivity contribution in [1.29, 1.82) is 0 Å². The van der Waals surface area contributed by atoms with Crippen LogP contribution in [0.4, 0.5) is 5.69 Å². The minimum absolute atomic E-state index is 0.618. The molecule has 1 atom stereocenters.